The number of rotatable bonds is 2. The Labute approximate surface area is 152 Å². The zero-order chi connectivity index (χ0) is 17.8. The third-order valence-electron chi connectivity index (χ3n) is 8.81. The van der Waals surface area contributed by atoms with Crippen molar-refractivity contribution in [1.29, 1.82) is 0 Å². The molecule has 7 atom stereocenters. The van der Waals surface area contributed by atoms with Crippen LogP contribution in [0.1, 0.15) is 65.7 Å². The highest BCUT2D eigenvalue weighted by molar-refractivity contribution is 5.92. The SMILES string of the molecule is C[C@H](CO)C1CCC2C3CCC4=CC(=O)CC=CC4(C)C3CCC21C. The zero-order valence-electron chi connectivity index (χ0n) is 16.1. The van der Waals surface area contributed by atoms with Gasteiger partial charge in [-0.15, -0.1) is 0 Å². The molecule has 2 heteroatoms. The molecule has 1 N–H and O–H groups in total. The van der Waals surface area contributed by atoms with Crippen molar-refractivity contribution in [1.82, 2.24) is 0 Å². The molecule has 0 aromatic carbocycles. The molecule has 4 aliphatic carbocycles. The number of ketones is 1. The lowest BCUT2D eigenvalue weighted by atomic mass is 9.48. The summed E-state index contributed by atoms with van der Waals surface area (Å²) in [5.74, 6) is 3.67. The lowest BCUT2D eigenvalue weighted by Gasteiger charge is -2.57. The molecule has 6 unspecified atom stereocenters. The number of allylic oxidation sites excluding steroid dienone is 4. The molecule has 0 bridgehead atoms. The van der Waals surface area contributed by atoms with Gasteiger partial charge in [-0.2, -0.15) is 0 Å². The minimum atomic E-state index is 0.0943. The second-order valence-corrected chi connectivity index (χ2v) is 9.83. The molecular weight excluding hydrogens is 308 g/mol. The van der Waals surface area contributed by atoms with Crippen LogP contribution in [0.4, 0.5) is 0 Å². The number of aliphatic hydroxyl groups is 1. The summed E-state index contributed by atoms with van der Waals surface area (Å²) < 4.78 is 0. The number of hydrogen-bond donors (Lipinski definition) is 1. The summed E-state index contributed by atoms with van der Waals surface area (Å²) >= 11 is 0. The van der Waals surface area contributed by atoms with Gasteiger partial charge in [-0.05, 0) is 79.6 Å². The van der Waals surface area contributed by atoms with Crippen molar-refractivity contribution in [2.45, 2.75) is 65.7 Å². The smallest absolute Gasteiger partial charge is 0.159 e. The van der Waals surface area contributed by atoms with E-state index in [-0.39, 0.29) is 11.2 Å². The second-order valence-electron chi connectivity index (χ2n) is 9.83. The monoisotopic (exact) mass is 342 g/mol. The van der Waals surface area contributed by atoms with E-state index < -0.39 is 0 Å². The van der Waals surface area contributed by atoms with Crippen molar-refractivity contribution >= 4 is 5.78 Å². The Morgan fingerprint density at radius 1 is 1.20 bits per heavy atom. The van der Waals surface area contributed by atoms with Gasteiger partial charge >= 0.3 is 0 Å². The van der Waals surface area contributed by atoms with Gasteiger partial charge < -0.3 is 5.11 Å². The van der Waals surface area contributed by atoms with E-state index in [4.69, 9.17) is 0 Å². The van der Waals surface area contributed by atoms with Crippen LogP contribution >= 0.6 is 0 Å². The van der Waals surface area contributed by atoms with Gasteiger partial charge in [0.15, 0.2) is 5.78 Å². The Bertz CT molecular complexity index is 618. The minimum absolute atomic E-state index is 0.0943. The first-order chi connectivity index (χ1) is 11.9. The Kier molecular flexibility index (Phi) is 4.26. The molecule has 138 valence electrons. The Hall–Kier alpha value is -0.890. The van der Waals surface area contributed by atoms with Crippen molar-refractivity contribution in [2.24, 2.45) is 40.4 Å². The molecule has 25 heavy (non-hydrogen) atoms. The number of carbonyl (C=O) groups is 1. The fourth-order valence-electron chi connectivity index (χ4n) is 7.50. The predicted molar refractivity (Wildman–Crippen MR) is 101 cm³/mol. The molecule has 4 aliphatic rings. The summed E-state index contributed by atoms with van der Waals surface area (Å²) in [6.45, 7) is 7.50. The fraction of sp³-hybridized carbons (Fsp3) is 0.783. The molecule has 0 spiro atoms. The summed E-state index contributed by atoms with van der Waals surface area (Å²) in [6, 6.07) is 0. The number of hydrogen-bond acceptors (Lipinski definition) is 2. The van der Waals surface area contributed by atoms with E-state index in [1.807, 2.05) is 6.08 Å². The van der Waals surface area contributed by atoms with Crippen LogP contribution in [-0.2, 0) is 4.79 Å². The Balaban J connectivity index is 1.66. The fourth-order valence-corrected chi connectivity index (χ4v) is 7.50. The summed E-state index contributed by atoms with van der Waals surface area (Å²) in [4.78, 5) is 12.1. The molecule has 0 aromatic rings. The summed E-state index contributed by atoms with van der Waals surface area (Å²) in [7, 11) is 0. The summed E-state index contributed by atoms with van der Waals surface area (Å²) in [6.07, 6.45) is 14.6. The van der Waals surface area contributed by atoms with E-state index in [9.17, 15) is 9.90 Å². The molecule has 0 heterocycles. The van der Waals surface area contributed by atoms with Crippen molar-refractivity contribution in [3.05, 3.63) is 23.8 Å². The van der Waals surface area contributed by atoms with Crippen molar-refractivity contribution in [3.63, 3.8) is 0 Å². The van der Waals surface area contributed by atoms with Crippen LogP contribution in [0.25, 0.3) is 0 Å². The second kappa shape index (κ2) is 6.08. The van der Waals surface area contributed by atoms with Crippen molar-refractivity contribution in [2.75, 3.05) is 6.61 Å². The van der Waals surface area contributed by atoms with E-state index >= 15 is 0 Å². The molecule has 3 fully saturated rings. The third kappa shape index (κ3) is 2.51. The van der Waals surface area contributed by atoms with Gasteiger partial charge in [0.25, 0.3) is 0 Å². The van der Waals surface area contributed by atoms with Crippen LogP contribution < -0.4 is 0 Å². The summed E-state index contributed by atoms with van der Waals surface area (Å²) in [5, 5.41) is 9.74. The van der Waals surface area contributed by atoms with E-state index in [2.05, 4.69) is 32.9 Å². The van der Waals surface area contributed by atoms with E-state index in [0.29, 0.717) is 36.2 Å². The summed E-state index contributed by atoms with van der Waals surface area (Å²) in [5.41, 5.74) is 1.90. The van der Waals surface area contributed by atoms with Crippen molar-refractivity contribution < 1.29 is 9.90 Å². The predicted octanol–water partition coefficient (Wildman–Crippen LogP) is 4.93. The van der Waals surface area contributed by atoms with E-state index in [0.717, 1.165) is 18.3 Å². The standard InChI is InChI=1S/C23H34O2/c1-15(14-24)19-8-9-20-18-7-6-16-13-17(25)5-4-11-22(16,2)21(18)10-12-23(19,20)3/h4,11,13,15,18-21,24H,5-10,12,14H2,1-3H3/t15-,18?,19?,20?,21?,22?,23?/m1/s1. The lowest BCUT2D eigenvalue weighted by Crippen LogP contribution is -2.49. The van der Waals surface area contributed by atoms with Crippen LogP contribution in [0.5, 0.6) is 0 Å². The topological polar surface area (TPSA) is 37.3 Å². The highest BCUT2D eigenvalue weighted by atomic mass is 16.3. The zero-order valence-corrected chi connectivity index (χ0v) is 16.1. The normalized spacial score (nSPS) is 47.4. The molecule has 0 saturated heterocycles. The first-order valence-electron chi connectivity index (χ1n) is 10.4. The number of aliphatic hydroxyl groups excluding tert-OH is 1. The maximum atomic E-state index is 12.1. The van der Waals surface area contributed by atoms with Crippen LogP contribution in [0.3, 0.4) is 0 Å². The molecule has 4 rings (SSSR count). The van der Waals surface area contributed by atoms with Crippen LogP contribution in [0.2, 0.25) is 0 Å². The Morgan fingerprint density at radius 2 is 2.00 bits per heavy atom. The molecule has 0 aliphatic heterocycles. The van der Waals surface area contributed by atoms with Gasteiger partial charge in [0.2, 0.25) is 0 Å². The third-order valence-corrected chi connectivity index (χ3v) is 8.81. The van der Waals surface area contributed by atoms with Gasteiger partial charge in [-0.3, -0.25) is 4.79 Å². The van der Waals surface area contributed by atoms with Crippen LogP contribution in [0, 0.1) is 40.4 Å². The average molecular weight is 343 g/mol. The van der Waals surface area contributed by atoms with Gasteiger partial charge in [-0.25, -0.2) is 0 Å². The van der Waals surface area contributed by atoms with Gasteiger partial charge in [0, 0.05) is 18.4 Å². The van der Waals surface area contributed by atoms with E-state index in [1.165, 1.54) is 37.7 Å². The lowest BCUT2D eigenvalue weighted by molar-refractivity contribution is -0.113. The first-order valence-corrected chi connectivity index (χ1v) is 10.4. The largest absolute Gasteiger partial charge is 0.396 e. The quantitative estimate of drug-likeness (QED) is 0.723. The maximum absolute atomic E-state index is 12.1. The molecule has 0 aromatic heterocycles. The number of fused-ring (bicyclic) bond motifs is 5. The van der Waals surface area contributed by atoms with Gasteiger partial charge in [0.05, 0.1) is 0 Å². The number of carbonyl (C=O) groups excluding carboxylic acids is 1. The maximum Gasteiger partial charge on any atom is 0.159 e. The highest BCUT2D eigenvalue weighted by Gasteiger charge is 2.58. The molecule has 3 saturated carbocycles. The Morgan fingerprint density at radius 3 is 2.76 bits per heavy atom. The molecule has 2 nitrogen and oxygen atoms in total. The van der Waals surface area contributed by atoms with Crippen molar-refractivity contribution in [3.8, 4) is 0 Å². The minimum Gasteiger partial charge on any atom is -0.396 e. The van der Waals surface area contributed by atoms with E-state index in [1.54, 1.807) is 0 Å². The van der Waals surface area contributed by atoms with Gasteiger partial charge in [-0.1, -0.05) is 38.5 Å². The highest BCUT2D eigenvalue weighted by Crippen LogP contribution is 2.66. The first kappa shape index (κ1) is 17.5. The van der Waals surface area contributed by atoms with Crippen LogP contribution in [0.15, 0.2) is 23.8 Å². The van der Waals surface area contributed by atoms with Crippen LogP contribution in [-0.4, -0.2) is 17.5 Å². The molecule has 0 radical (unpaired) electrons. The van der Waals surface area contributed by atoms with Gasteiger partial charge in [0.1, 0.15) is 0 Å². The molecular formula is C23H34O2. The molecule has 0 amide bonds. The average Bonchev–Trinajstić information content (AvgIpc) is 2.85.